The average molecular weight is 373 g/mol. The molecule has 2 aliphatic heterocycles. The number of halogens is 1. The third-order valence-corrected chi connectivity index (χ3v) is 5.10. The van der Waals surface area contributed by atoms with Crippen molar-refractivity contribution in [3.8, 4) is 11.5 Å². The predicted octanol–water partition coefficient (Wildman–Crippen LogP) is 3.38. The third kappa shape index (κ3) is 3.31. The van der Waals surface area contributed by atoms with E-state index in [1.165, 1.54) is 5.56 Å². The van der Waals surface area contributed by atoms with Gasteiger partial charge < -0.3 is 19.3 Å². The van der Waals surface area contributed by atoms with Crippen molar-refractivity contribution in [2.45, 2.75) is 6.92 Å². The van der Waals surface area contributed by atoms with Gasteiger partial charge in [-0.3, -0.25) is 4.79 Å². The van der Waals surface area contributed by atoms with Gasteiger partial charge in [0.25, 0.3) is 5.91 Å². The average Bonchev–Trinajstić information content (AvgIpc) is 2.69. The maximum Gasteiger partial charge on any atom is 0.254 e. The van der Waals surface area contributed by atoms with Crippen molar-refractivity contribution in [3.05, 3.63) is 52.5 Å². The number of rotatable bonds is 2. The first-order chi connectivity index (χ1) is 12.6. The Bertz CT molecular complexity index is 832. The van der Waals surface area contributed by atoms with Gasteiger partial charge in [-0.05, 0) is 42.8 Å². The first-order valence-electron chi connectivity index (χ1n) is 8.82. The molecule has 1 amide bonds. The van der Waals surface area contributed by atoms with Gasteiger partial charge in [-0.15, -0.1) is 0 Å². The molecule has 2 aromatic carbocycles. The zero-order chi connectivity index (χ0) is 18.1. The van der Waals surface area contributed by atoms with Crippen LogP contribution in [0.25, 0.3) is 0 Å². The zero-order valence-electron chi connectivity index (χ0n) is 14.7. The topological polar surface area (TPSA) is 42.0 Å². The minimum absolute atomic E-state index is 0.0319. The largest absolute Gasteiger partial charge is 0.486 e. The van der Waals surface area contributed by atoms with Crippen molar-refractivity contribution in [1.29, 1.82) is 0 Å². The molecular weight excluding hydrogens is 352 g/mol. The number of piperazine rings is 1. The van der Waals surface area contributed by atoms with E-state index in [2.05, 4.69) is 11.8 Å². The summed E-state index contributed by atoms with van der Waals surface area (Å²) in [6, 6.07) is 11.3. The van der Waals surface area contributed by atoms with Crippen LogP contribution in [0.2, 0.25) is 5.02 Å². The number of ether oxygens (including phenoxy) is 2. The smallest absolute Gasteiger partial charge is 0.254 e. The fourth-order valence-corrected chi connectivity index (χ4v) is 3.60. The van der Waals surface area contributed by atoms with Gasteiger partial charge in [-0.1, -0.05) is 17.7 Å². The number of hydrogen-bond donors (Lipinski definition) is 0. The van der Waals surface area contributed by atoms with Gasteiger partial charge >= 0.3 is 0 Å². The summed E-state index contributed by atoms with van der Waals surface area (Å²) in [5.41, 5.74) is 2.98. The second kappa shape index (κ2) is 7.08. The summed E-state index contributed by atoms with van der Waals surface area (Å²) in [7, 11) is 0. The molecule has 26 heavy (non-hydrogen) atoms. The Morgan fingerprint density at radius 2 is 1.69 bits per heavy atom. The Kier molecular flexibility index (Phi) is 4.64. The van der Waals surface area contributed by atoms with Crippen LogP contribution >= 0.6 is 11.6 Å². The highest BCUT2D eigenvalue weighted by Gasteiger charge is 2.24. The molecule has 2 heterocycles. The van der Waals surface area contributed by atoms with E-state index in [0.717, 1.165) is 23.8 Å². The Morgan fingerprint density at radius 1 is 0.962 bits per heavy atom. The highest BCUT2D eigenvalue weighted by atomic mass is 35.5. The van der Waals surface area contributed by atoms with E-state index in [9.17, 15) is 4.79 Å². The lowest BCUT2D eigenvalue weighted by atomic mass is 10.1. The van der Waals surface area contributed by atoms with E-state index in [4.69, 9.17) is 21.1 Å². The van der Waals surface area contributed by atoms with Crippen molar-refractivity contribution in [3.63, 3.8) is 0 Å². The Hall–Kier alpha value is -2.40. The van der Waals surface area contributed by atoms with Crippen LogP contribution in [0.3, 0.4) is 0 Å². The molecule has 0 bridgehead atoms. The van der Waals surface area contributed by atoms with Crippen molar-refractivity contribution in [2.24, 2.45) is 0 Å². The molecule has 0 atom stereocenters. The minimum atomic E-state index is 0.0319. The van der Waals surface area contributed by atoms with Gasteiger partial charge in [0, 0.05) is 42.5 Å². The molecule has 0 N–H and O–H groups in total. The number of aryl methyl sites for hydroxylation is 1. The van der Waals surface area contributed by atoms with Crippen LogP contribution in [0.5, 0.6) is 11.5 Å². The van der Waals surface area contributed by atoms with Gasteiger partial charge in [0.05, 0.1) is 0 Å². The first-order valence-corrected chi connectivity index (χ1v) is 9.19. The summed E-state index contributed by atoms with van der Waals surface area (Å²) in [6.45, 7) is 6.08. The van der Waals surface area contributed by atoms with E-state index in [1.54, 1.807) is 6.07 Å². The quantitative estimate of drug-likeness (QED) is 0.810. The van der Waals surface area contributed by atoms with Crippen LogP contribution in [0.15, 0.2) is 36.4 Å². The van der Waals surface area contributed by atoms with E-state index in [0.29, 0.717) is 43.4 Å². The van der Waals surface area contributed by atoms with Crippen molar-refractivity contribution < 1.29 is 14.3 Å². The predicted molar refractivity (Wildman–Crippen MR) is 102 cm³/mol. The summed E-state index contributed by atoms with van der Waals surface area (Å²) in [5, 5.41) is 0.736. The highest BCUT2D eigenvalue weighted by molar-refractivity contribution is 6.30. The summed E-state index contributed by atoms with van der Waals surface area (Å²) in [4.78, 5) is 17.0. The molecule has 5 nitrogen and oxygen atoms in total. The molecule has 0 unspecified atom stereocenters. The highest BCUT2D eigenvalue weighted by Crippen LogP contribution is 2.31. The molecule has 0 aliphatic carbocycles. The van der Waals surface area contributed by atoms with Crippen molar-refractivity contribution >= 4 is 23.2 Å². The van der Waals surface area contributed by atoms with E-state index in [1.807, 2.05) is 35.2 Å². The number of hydrogen-bond acceptors (Lipinski definition) is 4. The van der Waals surface area contributed by atoms with Crippen LogP contribution in [0.4, 0.5) is 5.69 Å². The molecule has 0 spiro atoms. The van der Waals surface area contributed by atoms with Crippen LogP contribution in [-0.2, 0) is 0 Å². The molecule has 6 heteroatoms. The number of carbonyl (C=O) groups is 1. The molecule has 4 rings (SSSR count). The normalized spacial score (nSPS) is 16.5. The molecular formula is C20H21ClN2O3. The monoisotopic (exact) mass is 372 g/mol. The number of nitrogens with zero attached hydrogens (tertiary/aromatic N) is 2. The first kappa shape index (κ1) is 17.0. The third-order valence-electron chi connectivity index (χ3n) is 4.87. The Morgan fingerprint density at radius 3 is 2.46 bits per heavy atom. The molecule has 2 aromatic rings. The number of anilines is 1. The number of carbonyl (C=O) groups excluding carboxylic acids is 1. The lowest BCUT2D eigenvalue weighted by molar-refractivity contribution is 0.0745. The standard InChI is InChI=1S/C20H21ClN2O3/c1-14-2-4-16(21)13-17(14)22-6-8-23(9-7-22)20(24)15-3-5-18-19(12-15)26-11-10-25-18/h2-5,12-13H,6-11H2,1H3. The van der Waals surface area contributed by atoms with E-state index < -0.39 is 0 Å². The number of fused-ring (bicyclic) bond motifs is 1. The van der Waals surface area contributed by atoms with Gasteiger partial charge in [-0.2, -0.15) is 0 Å². The van der Waals surface area contributed by atoms with Crippen molar-refractivity contribution in [2.75, 3.05) is 44.3 Å². The van der Waals surface area contributed by atoms with Crippen LogP contribution in [-0.4, -0.2) is 50.2 Å². The zero-order valence-corrected chi connectivity index (χ0v) is 15.5. The second-order valence-electron chi connectivity index (χ2n) is 6.57. The SMILES string of the molecule is Cc1ccc(Cl)cc1N1CCN(C(=O)c2ccc3c(c2)OCCO3)CC1. The minimum Gasteiger partial charge on any atom is -0.486 e. The van der Waals surface area contributed by atoms with Gasteiger partial charge in [0.1, 0.15) is 13.2 Å². The van der Waals surface area contributed by atoms with Crippen LogP contribution < -0.4 is 14.4 Å². The molecule has 136 valence electrons. The van der Waals surface area contributed by atoms with Crippen LogP contribution in [0, 0.1) is 6.92 Å². The van der Waals surface area contributed by atoms with Gasteiger partial charge in [0.2, 0.25) is 0 Å². The lowest BCUT2D eigenvalue weighted by Crippen LogP contribution is -2.49. The van der Waals surface area contributed by atoms with Crippen molar-refractivity contribution in [1.82, 2.24) is 4.90 Å². The summed E-state index contributed by atoms with van der Waals surface area (Å²) in [6.07, 6.45) is 0. The van der Waals surface area contributed by atoms with E-state index in [-0.39, 0.29) is 5.91 Å². The van der Waals surface area contributed by atoms with Gasteiger partial charge in [0.15, 0.2) is 11.5 Å². The molecule has 1 saturated heterocycles. The maximum absolute atomic E-state index is 12.8. The Labute approximate surface area is 158 Å². The fraction of sp³-hybridized carbons (Fsp3) is 0.350. The molecule has 0 radical (unpaired) electrons. The molecule has 1 fully saturated rings. The molecule has 0 saturated carbocycles. The summed E-state index contributed by atoms with van der Waals surface area (Å²) in [5.74, 6) is 1.38. The summed E-state index contributed by atoms with van der Waals surface area (Å²) >= 11 is 6.14. The molecule has 2 aliphatic rings. The molecule has 0 aromatic heterocycles. The van der Waals surface area contributed by atoms with Gasteiger partial charge in [-0.25, -0.2) is 0 Å². The maximum atomic E-state index is 12.8. The fourth-order valence-electron chi connectivity index (χ4n) is 3.43. The summed E-state index contributed by atoms with van der Waals surface area (Å²) < 4.78 is 11.1. The lowest BCUT2D eigenvalue weighted by Gasteiger charge is -2.37. The Balaban J connectivity index is 1.44. The number of amides is 1. The van der Waals surface area contributed by atoms with E-state index >= 15 is 0 Å². The number of benzene rings is 2. The van der Waals surface area contributed by atoms with Crippen LogP contribution in [0.1, 0.15) is 15.9 Å². The second-order valence-corrected chi connectivity index (χ2v) is 7.00.